The highest BCUT2D eigenvalue weighted by atomic mass is 35.5. The maximum Gasteiger partial charge on any atom is 0.161 e. The molecule has 86 valence electrons. The maximum absolute atomic E-state index is 9.94. The van der Waals surface area contributed by atoms with E-state index in [1.165, 1.54) is 0 Å². The molecule has 0 unspecified atom stereocenters. The summed E-state index contributed by atoms with van der Waals surface area (Å²) in [5, 5.41) is 9.89. The van der Waals surface area contributed by atoms with Crippen LogP contribution in [0.5, 0.6) is 0 Å². The van der Waals surface area contributed by atoms with E-state index in [0.717, 1.165) is 12.8 Å². The number of ether oxygens (including phenoxy) is 2. The molecule has 0 spiro atoms. The van der Waals surface area contributed by atoms with E-state index in [1.807, 2.05) is 6.92 Å². The van der Waals surface area contributed by atoms with Gasteiger partial charge < -0.3 is 14.6 Å². The number of fused-ring (bicyclic) bond motifs is 2. The van der Waals surface area contributed by atoms with Crippen LogP contribution in [0, 0.1) is 17.8 Å². The molecular weight excluding hydrogens is 216 g/mol. The fourth-order valence-corrected chi connectivity index (χ4v) is 3.78. The van der Waals surface area contributed by atoms with Gasteiger partial charge in [0.15, 0.2) is 6.29 Å². The molecule has 1 saturated heterocycles. The highest BCUT2D eigenvalue weighted by molar-refractivity contribution is 6.21. The molecule has 0 aromatic heterocycles. The van der Waals surface area contributed by atoms with Crippen molar-refractivity contribution in [2.75, 3.05) is 6.61 Å². The van der Waals surface area contributed by atoms with Crippen molar-refractivity contribution in [3.8, 4) is 0 Å². The summed E-state index contributed by atoms with van der Waals surface area (Å²) >= 11 is 6.13. The van der Waals surface area contributed by atoms with Gasteiger partial charge in [-0.2, -0.15) is 0 Å². The molecule has 0 aromatic rings. The van der Waals surface area contributed by atoms with Gasteiger partial charge in [0.05, 0.1) is 24.2 Å². The first-order valence-corrected chi connectivity index (χ1v) is 6.19. The zero-order valence-electron chi connectivity index (χ0n) is 8.80. The van der Waals surface area contributed by atoms with Gasteiger partial charge in [-0.05, 0) is 31.6 Å². The number of hydrogen-bond acceptors (Lipinski definition) is 3. The molecule has 1 aliphatic heterocycles. The fourth-order valence-electron chi connectivity index (χ4n) is 3.39. The average Bonchev–Trinajstić information content (AvgIpc) is 2.85. The van der Waals surface area contributed by atoms with Crippen LogP contribution in [0.15, 0.2) is 0 Å². The Bertz CT molecular complexity index is 258. The largest absolute Gasteiger partial charge is 0.391 e. The zero-order chi connectivity index (χ0) is 10.6. The van der Waals surface area contributed by atoms with E-state index in [2.05, 4.69) is 0 Å². The first-order valence-electron chi connectivity index (χ1n) is 5.76. The summed E-state index contributed by atoms with van der Waals surface area (Å²) < 4.78 is 11.3. The van der Waals surface area contributed by atoms with Crippen LogP contribution in [0.25, 0.3) is 0 Å². The smallest absolute Gasteiger partial charge is 0.161 e. The molecule has 2 bridgehead atoms. The zero-order valence-corrected chi connectivity index (χ0v) is 9.56. The third-order valence-corrected chi connectivity index (χ3v) is 4.74. The fraction of sp³-hybridized carbons (Fsp3) is 1.00. The summed E-state index contributed by atoms with van der Waals surface area (Å²) in [4.78, 5) is 0. The van der Waals surface area contributed by atoms with Crippen LogP contribution < -0.4 is 0 Å². The Morgan fingerprint density at radius 1 is 1.27 bits per heavy atom. The van der Waals surface area contributed by atoms with Crippen LogP contribution in [0.4, 0.5) is 0 Å². The van der Waals surface area contributed by atoms with Crippen molar-refractivity contribution in [3.05, 3.63) is 0 Å². The summed E-state index contributed by atoms with van der Waals surface area (Å²) in [6, 6.07) is 0. The molecule has 1 heterocycles. The molecule has 0 aromatic carbocycles. The Kier molecular flexibility index (Phi) is 2.47. The quantitative estimate of drug-likeness (QED) is 0.694. The summed E-state index contributed by atoms with van der Waals surface area (Å²) in [6.45, 7) is 2.70. The molecule has 2 aliphatic carbocycles. The third-order valence-electron chi connectivity index (χ3n) is 4.13. The summed E-state index contributed by atoms with van der Waals surface area (Å²) in [5.41, 5.74) is 0. The van der Waals surface area contributed by atoms with Crippen LogP contribution in [0.3, 0.4) is 0 Å². The van der Waals surface area contributed by atoms with E-state index in [4.69, 9.17) is 21.1 Å². The predicted molar refractivity (Wildman–Crippen MR) is 55.6 cm³/mol. The number of hydrogen-bond donors (Lipinski definition) is 1. The van der Waals surface area contributed by atoms with Crippen LogP contribution in [0.1, 0.15) is 19.8 Å². The topological polar surface area (TPSA) is 38.7 Å². The van der Waals surface area contributed by atoms with Gasteiger partial charge in [0.2, 0.25) is 0 Å². The highest BCUT2D eigenvalue weighted by Crippen LogP contribution is 2.52. The van der Waals surface area contributed by atoms with Crippen molar-refractivity contribution < 1.29 is 14.6 Å². The number of aliphatic hydroxyl groups is 1. The second-order valence-corrected chi connectivity index (χ2v) is 5.65. The van der Waals surface area contributed by atoms with Crippen molar-refractivity contribution in [3.63, 3.8) is 0 Å². The van der Waals surface area contributed by atoms with Crippen molar-refractivity contribution >= 4 is 11.6 Å². The third kappa shape index (κ3) is 1.52. The maximum atomic E-state index is 9.94. The second-order valence-electron chi connectivity index (χ2n) is 5.14. The van der Waals surface area contributed by atoms with Gasteiger partial charge in [-0.1, -0.05) is 0 Å². The number of halogens is 1. The van der Waals surface area contributed by atoms with Gasteiger partial charge in [-0.3, -0.25) is 0 Å². The molecule has 15 heavy (non-hydrogen) atoms. The standard InChI is InChI=1S/C11H17ClO3/c1-5-4-14-11(15-5)8-3-6-2-7(8)10(13)9(6)12/h5-11,13H,2-4H2,1H3/t5-,6-,7-,8-,9-,10+,11+/m1/s1. The van der Waals surface area contributed by atoms with E-state index in [0.29, 0.717) is 18.4 Å². The van der Waals surface area contributed by atoms with Gasteiger partial charge in [0.1, 0.15) is 0 Å². The minimum absolute atomic E-state index is 0.0509. The monoisotopic (exact) mass is 232 g/mol. The molecule has 3 rings (SSSR count). The van der Waals surface area contributed by atoms with Crippen LogP contribution in [0.2, 0.25) is 0 Å². The number of alkyl halides is 1. The average molecular weight is 233 g/mol. The molecule has 0 radical (unpaired) electrons. The highest BCUT2D eigenvalue weighted by Gasteiger charge is 2.55. The SMILES string of the molecule is C[C@@H]1CO[C@H]([C@@H]2C[C@H]3C[C@H]2[C@H](O)[C@@H]3Cl)O1. The van der Waals surface area contributed by atoms with Gasteiger partial charge in [-0.15, -0.1) is 11.6 Å². The van der Waals surface area contributed by atoms with Gasteiger partial charge in [0, 0.05) is 5.92 Å². The van der Waals surface area contributed by atoms with Crippen LogP contribution in [-0.2, 0) is 9.47 Å². The van der Waals surface area contributed by atoms with Crippen molar-refractivity contribution in [2.24, 2.45) is 17.8 Å². The minimum Gasteiger partial charge on any atom is -0.391 e. The van der Waals surface area contributed by atoms with E-state index in [9.17, 15) is 5.11 Å². The van der Waals surface area contributed by atoms with Crippen molar-refractivity contribution in [1.82, 2.24) is 0 Å². The Morgan fingerprint density at radius 2 is 2.00 bits per heavy atom. The van der Waals surface area contributed by atoms with E-state index >= 15 is 0 Å². The lowest BCUT2D eigenvalue weighted by Crippen LogP contribution is -2.39. The van der Waals surface area contributed by atoms with Crippen LogP contribution in [-0.4, -0.2) is 35.6 Å². The second kappa shape index (κ2) is 3.59. The van der Waals surface area contributed by atoms with E-state index < -0.39 is 0 Å². The molecule has 0 amide bonds. The Labute approximate surface area is 94.7 Å². The molecule has 3 aliphatic rings. The van der Waals surface area contributed by atoms with Crippen LogP contribution >= 0.6 is 11.6 Å². The Balaban J connectivity index is 1.70. The lowest BCUT2D eigenvalue weighted by Gasteiger charge is -2.32. The number of aliphatic hydroxyl groups excluding tert-OH is 1. The van der Waals surface area contributed by atoms with Gasteiger partial charge >= 0.3 is 0 Å². The molecule has 3 nitrogen and oxygen atoms in total. The summed E-state index contributed by atoms with van der Waals surface area (Å²) in [6.07, 6.45) is 1.82. The lowest BCUT2D eigenvalue weighted by molar-refractivity contribution is -0.120. The molecular formula is C11H17ClO3. The first kappa shape index (κ1) is 10.3. The number of rotatable bonds is 1. The predicted octanol–water partition coefficient (Wildman–Crippen LogP) is 1.37. The molecule has 4 heteroatoms. The van der Waals surface area contributed by atoms with Crippen molar-refractivity contribution in [1.29, 1.82) is 0 Å². The molecule has 1 N–H and O–H groups in total. The van der Waals surface area contributed by atoms with Gasteiger partial charge in [-0.25, -0.2) is 0 Å². The Hall–Kier alpha value is 0.170. The molecule has 2 saturated carbocycles. The normalized spacial score (nSPS) is 59.0. The molecule has 7 atom stereocenters. The van der Waals surface area contributed by atoms with Crippen molar-refractivity contribution in [2.45, 2.75) is 43.6 Å². The Morgan fingerprint density at radius 3 is 2.53 bits per heavy atom. The minimum atomic E-state index is -0.362. The van der Waals surface area contributed by atoms with Gasteiger partial charge in [0.25, 0.3) is 0 Å². The van der Waals surface area contributed by atoms with E-state index in [-0.39, 0.29) is 29.8 Å². The summed E-state index contributed by atoms with van der Waals surface area (Å²) in [5.74, 6) is 1.09. The molecule has 3 fully saturated rings. The lowest BCUT2D eigenvalue weighted by atomic mass is 9.86. The summed E-state index contributed by atoms with van der Waals surface area (Å²) in [7, 11) is 0. The first-order chi connectivity index (χ1) is 7.16. The van der Waals surface area contributed by atoms with E-state index in [1.54, 1.807) is 0 Å².